The Kier molecular flexibility index (Phi) is 3.89. The largest absolute Gasteiger partial charge is 0.462 e. The van der Waals surface area contributed by atoms with Crippen molar-refractivity contribution in [2.45, 2.75) is 18.9 Å². The van der Waals surface area contributed by atoms with Crippen molar-refractivity contribution in [3.05, 3.63) is 30.1 Å². The van der Waals surface area contributed by atoms with Gasteiger partial charge in [-0.25, -0.2) is 4.79 Å². The van der Waals surface area contributed by atoms with Crippen LogP contribution in [0.1, 0.15) is 18.5 Å². The van der Waals surface area contributed by atoms with E-state index in [0.29, 0.717) is 0 Å². The van der Waals surface area contributed by atoms with Crippen molar-refractivity contribution in [2.75, 3.05) is 6.61 Å². The Morgan fingerprint density at radius 1 is 1.69 bits per heavy atom. The molecule has 0 spiro atoms. The normalized spacial score (nSPS) is 13.2. The van der Waals surface area contributed by atoms with Crippen LogP contribution in [0.15, 0.2) is 24.5 Å². The molecule has 0 unspecified atom stereocenters. The molecule has 0 amide bonds. The number of hydrogen-bond donors (Lipinski definition) is 1. The zero-order valence-electron chi connectivity index (χ0n) is 8.69. The molecule has 0 bridgehead atoms. The van der Waals surface area contributed by atoms with Gasteiger partial charge >= 0.3 is 11.9 Å². The second-order valence-electron chi connectivity index (χ2n) is 3.11. The number of halogens is 2. The van der Waals surface area contributed by atoms with E-state index >= 15 is 0 Å². The summed E-state index contributed by atoms with van der Waals surface area (Å²) in [6, 6.07) is 1.10. The molecule has 88 valence electrons. The van der Waals surface area contributed by atoms with E-state index < -0.39 is 17.9 Å². The van der Waals surface area contributed by atoms with Gasteiger partial charge in [0, 0.05) is 12.4 Å². The minimum atomic E-state index is -3.75. The highest BCUT2D eigenvalue weighted by atomic mass is 19.3. The Hall–Kier alpha value is -1.56. The van der Waals surface area contributed by atoms with Crippen LogP contribution in [-0.2, 0) is 9.53 Å². The van der Waals surface area contributed by atoms with Gasteiger partial charge in [-0.15, -0.1) is 0 Å². The summed E-state index contributed by atoms with van der Waals surface area (Å²) in [6.45, 7) is 1.33. The van der Waals surface area contributed by atoms with E-state index in [0.717, 1.165) is 0 Å². The highest BCUT2D eigenvalue weighted by molar-refractivity contribution is 5.78. The lowest BCUT2D eigenvalue weighted by atomic mass is 10.0. The summed E-state index contributed by atoms with van der Waals surface area (Å²) in [4.78, 5) is 14.7. The number of pyridine rings is 1. The number of nitrogens with zero attached hydrogens (tertiary/aromatic N) is 1. The molecule has 1 heterocycles. The van der Waals surface area contributed by atoms with Gasteiger partial charge in [0.2, 0.25) is 0 Å². The summed E-state index contributed by atoms with van der Waals surface area (Å²) < 4.78 is 31.2. The number of carbonyl (C=O) groups is 1. The van der Waals surface area contributed by atoms with Gasteiger partial charge in [0.05, 0.1) is 6.61 Å². The van der Waals surface area contributed by atoms with E-state index in [4.69, 9.17) is 5.73 Å². The lowest BCUT2D eigenvalue weighted by Crippen LogP contribution is -2.41. The molecule has 0 aliphatic heterocycles. The first-order valence-corrected chi connectivity index (χ1v) is 4.70. The smallest absolute Gasteiger partial charge is 0.379 e. The summed E-state index contributed by atoms with van der Waals surface area (Å²) in [6.07, 6.45) is 2.62. The summed E-state index contributed by atoms with van der Waals surface area (Å²) in [5.74, 6) is -5.37. The maximum absolute atomic E-state index is 13.5. The molecule has 1 aromatic heterocycles. The van der Waals surface area contributed by atoms with Crippen molar-refractivity contribution in [1.29, 1.82) is 0 Å². The summed E-state index contributed by atoms with van der Waals surface area (Å²) in [5, 5.41) is 0. The van der Waals surface area contributed by atoms with Crippen LogP contribution in [0.5, 0.6) is 0 Å². The van der Waals surface area contributed by atoms with Gasteiger partial charge < -0.3 is 10.5 Å². The molecule has 16 heavy (non-hydrogen) atoms. The van der Waals surface area contributed by atoms with Gasteiger partial charge in [-0.2, -0.15) is 8.78 Å². The average molecular weight is 230 g/mol. The van der Waals surface area contributed by atoms with Crippen LogP contribution in [0.25, 0.3) is 0 Å². The zero-order chi connectivity index (χ0) is 12.2. The molecule has 1 rings (SSSR count). The second-order valence-corrected chi connectivity index (χ2v) is 3.11. The van der Waals surface area contributed by atoms with Crippen molar-refractivity contribution >= 4 is 5.97 Å². The fourth-order valence-corrected chi connectivity index (χ4v) is 1.12. The predicted molar refractivity (Wildman–Crippen MR) is 52.7 cm³/mol. The molecule has 4 nitrogen and oxygen atoms in total. The van der Waals surface area contributed by atoms with Gasteiger partial charge in [-0.3, -0.25) is 4.98 Å². The maximum atomic E-state index is 13.5. The van der Waals surface area contributed by atoms with Crippen LogP contribution in [0, 0.1) is 0 Å². The van der Waals surface area contributed by atoms with Crippen LogP contribution >= 0.6 is 0 Å². The van der Waals surface area contributed by atoms with Crippen LogP contribution in [-0.4, -0.2) is 23.5 Å². The average Bonchev–Trinajstić information content (AvgIpc) is 2.29. The summed E-state index contributed by atoms with van der Waals surface area (Å²) >= 11 is 0. The monoisotopic (exact) mass is 230 g/mol. The number of hydrogen-bond acceptors (Lipinski definition) is 4. The molecule has 0 radical (unpaired) electrons. The van der Waals surface area contributed by atoms with E-state index in [9.17, 15) is 13.6 Å². The third-order valence-corrected chi connectivity index (χ3v) is 1.98. The topological polar surface area (TPSA) is 65.2 Å². The minimum Gasteiger partial charge on any atom is -0.462 e. The van der Waals surface area contributed by atoms with Gasteiger partial charge in [-0.1, -0.05) is 6.07 Å². The number of carbonyl (C=O) groups excluding carboxylic acids is 1. The molecule has 0 aliphatic rings. The van der Waals surface area contributed by atoms with E-state index in [1.165, 1.54) is 31.5 Å². The standard InChI is InChI=1S/C10H12F2N2O2/c1-2-16-9(15)10(11,12)8(13)7-4-3-5-14-6-7/h3-6,8H,2,13H2,1H3/t8-/m0/s1. The molecule has 2 N–H and O–H groups in total. The number of alkyl halides is 2. The second kappa shape index (κ2) is 4.98. The number of nitrogens with two attached hydrogens (primary N) is 1. The molecular weight excluding hydrogens is 218 g/mol. The van der Waals surface area contributed by atoms with Crippen LogP contribution in [0.4, 0.5) is 8.78 Å². The first-order valence-electron chi connectivity index (χ1n) is 4.70. The first kappa shape index (κ1) is 12.5. The van der Waals surface area contributed by atoms with E-state index in [1.807, 2.05) is 0 Å². The number of esters is 1. The van der Waals surface area contributed by atoms with Crippen molar-refractivity contribution in [3.63, 3.8) is 0 Å². The van der Waals surface area contributed by atoms with Gasteiger partial charge in [0.1, 0.15) is 6.04 Å². The maximum Gasteiger partial charge on any atom is 0.379 e. The predicted octanol–water partition coefficient (Wildman–Crippen LogP) is 1.28. The lowest BCUT2D eigenvalue weighted by molar-refractivity contribution is -0.174. The quantitative estimate of drug-likeness (QED) is 0.791. The van der Waals surface area contributed by atoms with Crippen molar-refractivity contribution in [2.24, 2.45) is 5.73 Å². The zero-order valence-corrected chi connectivity index (χ0v) is 8.69. The summed E-state index contributed by atoms with van der Waals surface area (Å²) in [7, 11) is 0. The highest BCUT2D eigenvalue weighted by Gasteiger charge is 2.47. The SMILES string of the molecule is CCOC(=O)C(F)(F)[C@@H](N)c1cccnc1. The van der Waals surface area contributed by atoms with Crippen molar-refractivity contribution < 1.29 is 18.3 Å². The van der Waals surface area contributed by atoms with Gasteiger partial charge in [-0.05, 0) is 18.6 Å². The Morgan fingerprint density at radius 3 is 2.88 bits per heavy atom. The Morgan fingerprint density at radius 2 is 2.38 bits per heavy atom. The fourth-order valence-electron chi connectivity index (χ4n) is 1.12. The third-order valence-electron chi connectivity index (χ3n) is 1.98. The fraction of sp³-hybridized carbons (Fsp3) is 0.400. The molecule has 6 heteroatoms. The Labute approximate surface area is 91.4 Å². The molecule has 0 aliphatic carbocycles. The van der Waals surface area contributed by atoms with E-state index in [1.54, 1.807) is 0 Å². The van der Waals surface area contributed by atoms with Crippen LogP contribution < -0.4 is 5.73 Å². The molecule has 0 saturated heterocycles. The number of ether oxygens (including phenoxy) is 1. The van der Waals surface area contributed by atoms with Crippen LogP contribution in [0.3, 0.4) is 0 Å². The van der Waals surface area contributed by atoms with Gasteiger partial charge in [0.15, 0.2) is 0 Å². The van der Waals surface area contributed by atoms with E-state index in [2.05, 4.69) is 9.72 Å². The molecule has 1 atom stereocenters. The lowest BCUT2D eigenvalue weighted by Gasteiger charge is -2.21. The highest BCUT2D eigenvalue weighted by Crippen LogP contribution is 2.29. The third kappa shape index (κ3) is 2.52. The van der Waals surface area contributed by atoms with E-state index in [-0.39, 0.29) is 12.2 Å². The van der Waals surface area contributed by atoms with Crippen molar-refractivity contribution in [1.82, 2.24) is 4.98 Å². The van der Waals surface area contributed by atoms with Gasteiger partial charge in [0.25, 0.3) is 0 Å². The summed E-state index contributed by atoms with van der Waals surface area (Å²) in [5.41, 5.74) is 5.40. The first-order chi connectivity index (χ1) is 7.50. The number of aromatic nitrogens is 1. The Balaban J connectivity index is 2.87. The molecular formula is C10H12F2N2O2. The molecule has 0 aromatic carbocycles. The van der Waals surface area contributed by atoms with Crippen LogP contribution in [0.2, 0.25) is 0 Å². The minimum absolute atomic E-state index is 0.0838. The number of rotatable bonds is 4. The molecule has 0 saturated carbocycles. The van der Waals surface area contributed by atoms with Crippen molar-refractivity contribution in [3.8, 4) is 0 Å². The Bertz CT molecular complexity index is 357. The molecule has 0 fully saturated rings. The molecule has 1 aromatic rings.